The molecule has 33 heavy (non-hydrogen) atoms. The van der Waals surface area contributed by atoms with E-state index in [1.807, 2.05) is 46.7 Å². The predicted molar refractivity (Wildman–Crippen MR) is 128 cm³/mol. The number of amides is 1. The molecule has 0 unspecified atom stereocenters. The van der Waals surface area contributed by atoms with E-state index in [1.165, 1.54) is 23.9 Å². The van der Waals surface area contributed by atoms with Crippen molar-refractivity contribution in [2.45, 2.75) is 62.5 Å². The first kappa shape index (κ1) is 23.0. The van der Waals surface area contributed by atoms with Gasteiger partial charge in [0, 0.05) is 35.5 Å². The molecule has 1 fully saturated rings. The summed E-state index contributed by atoms with van der Waals surface area (Å²) in [4.78, 5) is 26.0. The standard InChI is InChI=1S/C24H27N5O3S/c1-16-8-7-9-17(2)27(16)23(30)18(3)33-24-26-25-22(28(24)20-10-5-4-6-11-20)19-12-14-21(15-13-19)29(31)32/h4-6,10-18H,7-9H2,1-3H3/t16-,17-,18+/m1/s1. The van der Waals surface area contributed by atoms with Crippen LogP contribution < -0.4 is 0 Å². The molecule has 0 saturated carbocycles. The summed E-state index contributed by atoms with van der Waals surface area (Å²) in [5.41, 5.74) is 1.59. The Kier molecular flexibility index (Phi) is 6.78. The molecule has 172 valence electrons. The van der Waals surface area contributed by atoms with Crippen LogP contribution in [0.25, 0.3) is 17.1 Å². The molecule has 0 spiro atoms. The molecule has 1 aliphatic rings. The van der Waals surface area contributed by atoms with Gasteiger partial charge in [-0.15, -0.1) is 10.2 Å². The van der Waals surface area contributed by atoms with Gasteiger partial charge in [-0.05, 0) is 64.3 Å². The Balaban J connectivity index is 1.67. The fourth-order valence-corrected chi connectivity index (χ4v) is 5.27. The van der Waals surface area contributed by atoms with Crippen LogP contribution in [0.15, 0.2) is 59.8 Å². The smallest absolute Gasteiger partial charge is 0.269 e. The van der Waals surface area contributed by atoms with Gasteiger partial charge >= 0.3 is 0 Å². The van der Waals surface area contributed by atoms with Gasteiger partial charge in [0.15, 0.2) is 11.0 Å². The maximum absolute atomic E-state index is 13.3. The Labute approximate surface area is 197 Å². The summed E-state index contributed by atoms with van der Waals surface area (Å²) >= 11 is 1.38. The summed E-state index contributed by atoms with van der Waals surface area (Å²) in [6.07, 6.45) is 3.20. The molecular weight excluding hydrogens is 438 g/mol. The maximum atomic E-state index is 13.3. The molecule has 0 radical (unpaired) electrons. The zero-order chi connectivity index (χ0) is 23.5. The van der Waals surface area contributed by atoms with Crippen molar-refractivity contribution in [3.63, 3.8) is 0 Å². The molecule has 9 heteroatoms. The summed E-state index contributed by atoms with van der Waals surface area (Å²) in [5, 5.41) is 20.1. The zero-order valence-corrected chi connectivity index (χ0v) is 19.7. The zero-order valence-electron chi connectivity index (χ0n) is 18.9. The number of nitro benzene ring substituents is 1. The van der Waals surface area contributed by atoms with Gasteiger partial charge in [0.05, 0.1) is 10.2 Å². The Hall–Kier alpha value is -3.20. The first-order valence-electron chi connectivity index (χ1n) is 11.1. The molecule has 1 aliphatic heterocycles. The monoisotopic (exact) mass is 465 g/mol. The topological polar surface area (TPSA) is 94.2 Å². The highest BCUT2D eigenvalue weighted by Gasteiger charge is 2.33. The molecule has 1 aromatic heterocycles. The van der Waals surface area contributed by atoms with E-state index in [1.54, 1.807) is 12.1 Å². The highest BCUT2D eigenvalue weighted by atomic mass is 32.2. The van der Waals surface area contributed by atoms with Gasteiger partial charge in [-0.3, -0.25) is 19.5 Å². The van der Waals surface area contributed by atoms with Gasteiger partial charge in [0.25, 0.3) is 5.69 Å². The van der Waals surface area contributed by atoms with Gasteiger partial charge in [0.1, 0.15) is 0 Å². The second-order valence-corrected chi connectivity index (χ2v) is 9.72. The molecule has 3 atom stereocenters. The highest BCUT2D eigenvalue weighted by Crippen LogP contribution is 2.33. The number of nitro groups is 1. The van der Waals surface area contributed by atoms with Crippen LogP contribution in [0.1, 0.15) is 40.0 Å². The van der Waals surface area contributed by atoms with E-state index in [9.17, 15) is 14.9 Å². The normalized spacial score (nSPS) is 19.3. The van der Waals surface area contributed by atoms with Crippen LogP contribution in [0.4, 0.5) is 5.69 Å². The van der Waals surface area contributed by atoms with E-state index in [-0.39, 0.29) is 28.9 Å². The Morgan fingerprint density at radius 2 is 1.70 bits per heavy atom. The third-order valence-electron chi connectivity index (χ3n) is 6.06. The number of hydrogen-bond acceptors (Lipinski definition) is 6. The summed E-state index contributed by atoms with van der Waals surface area (Å²) in [7, 11) is 0. The van der Waals surface area contributed by atoms with Crippen molar-refractivity contribution in [1.29, 1.82) is 0 Å². The van der Waals surface area contributed by atoms with Crippen molar-refractivity contribution in [3.8, 4) is 17.1 Å². The van der Waals surface area contributed by atoms with E-state index in [0.717, 1.165) is 24.9 Å². The number of aromatic nitrogens is 3. The first-order chi connectivity index (χ1) is 15.9. The molecule has 0 N–H and O–H groups in total. The number of nitrogens with zero attached hydrogens (tertiary/aromatic N) is 5. The van der Waals surface area contributed by atoms with Crippen LogP contribution in [0, 0.1) is 10.1 Å². The highest BCUT2D eigenvalue weighted by molar-refractivity contribution is 8.00. The lowest BCUT2D eigenvalue weighted by atomic mass is 9.97. The average molecular weight is 466 g/mol. The summed E-state index contributed by atoms with van der Waals surface area (Å²) < 4.78 is 1.90. The number of carbonyl (C=O) groups is 1. The number of rotatable bonds is 6. The summed E-state index contributed by atoms with van der Waals surface area (Å²) in [6.45, 7) is 6.14. The quantitative estimate of drug-likeness (QED) is 0.285. The number of benzene rings is 2. The Morgan fingerprint density at radius 3 is 2.30 bits per heavy atom. The fourth-order valence-electron chi connectivity index (χ4n) is 4.35. The number of para-hydroxylation sites is 1. The SMILES string of the molecule is C[C@H](Sc1nnc(-c2ccc([N+](=O)[O-])cc2)n1-c1ccccc1)C(=O)N1[C@H](C)CCC[C@H]1C. The molecule has 3 aromatic rings. The van der Waals surface area contributed by atoms with Crippen molar-refractivity contribution >= 4 is 23.4 Å². The van der Waals surface area contributed by atoms with Crippen LogP contribution in [0.3, 0.4) is 0 Å². The molecular formula is C24H27N5O3S. The van der Waals surface area contributed by atoms with Crippen LogP contribution in [-0.4, -0.2) is 47.8 Å². The van der Waals surface area contributed by atoms with Gasteiger partial charge in [-0.1, -0.05) is 30.0 Å². The molecule has 1 amide bonds. The van der Waals surface area contributed by atoms with Crippen molar-refractivity contribution in [3.05, 3.63) is 64.7 Å². The number of likely N-dealkylation sites (tertiary alicyclic amines) is 1. The van der Waals surface area contributed by atoms with E-state index in [2.05, 4.69) is 24.0 Å². The lowest BCUT2D eigenvalue weighted by Crippen LogP contribution is -2.50. The van der Waals surface area contributed by atoms with E-state index in [4.69, 9.17) is 0 Å². The predicted octanol–water partition coefficient (Wildman–Crippen LogP) is 5.11. The minimum atomic E-state index is -0.428. The minimum absolute atomic E-state index is 0.0168. The lowest BCUT2D eigenvalue weighted by molar-refractivity contribution is -0.384. The minimum Gasteiger partial charge on any atom is -0.336 e. The second-order valence-electron chi connectivity index (χ2n) is 8.42. The van der Waals surface area contributed by atoms with Gasteiger partial charge < -0.3 is 4.90 Å². The first-order valence-corrected chi connectivity index (χ1v) is 12.0. The second kappa shape index (κ2) is 9.74. The van der Waals surface area contributed by atoms with Crippen LogP contribution >= 0.6 is 11.8 Å². The molecule has 1 saturated heterocycles. The summed E-state index contributed by atoms with van der Waals surface area (Å²) in [5.74, 6) is 0.678. The van der Waals surface area contributed by atoms with Crippen molar-refractivity contribution in [2.75, 3.05) is 0 Å². The van der Waals surface area contributed by atoms with E-state index >= 15 is 0 Å². The number of non-ortho nitro benzene ring substituents is 1. The van der Waals surface area contributed by atoms with Crippen molar-refractivity contribution in [1.82, 2.24) is 19.7 Å². The van der Waals surface area contributed by atoms with Crippen molar-refractivity contribution in [2.24, 2.45) is 0 Å². The third-order valence-corrected chi connectivity index (χ3v) is 7.09. The average Bonchev–Trinajstić information content (AvgIpc) is 3.22. The third kappa shape index (κ3) is 4.78. The lowest BCUT2D eigenvalue weighted by Gasteiger charge is -2.40. The Morgan fingerprint density at radius 1 is 1.06 bits per heavy atom. The van der Waals surface area contributed by atoms with Gasteiger partial charge in [-0.25, -0.2) is 0 Å². The number of piperidine rings is 1. The van der Waals surface area contributed by atoms with Gasteiger partial charge in [0.2, 0.25) is 5.91 Å². The van der Waals surface area contributed by atoms with Gasteiger partial charge in [-0.2, -0.15) is 0 Å². The van der Waals surface area contributed by atoms with Crippen LogP contribution in [0.2, 0.25) is 0 Å². The number of thioether (sulfide) groups is 1. The number of carbonyl (C=O) groups excluding carboxylic acids is 1. The number of hydrogen-bond donors (Lipinski definition) is 0. The van der Waals surface area contributed by atoms with E-state index < -0.39 is 4.92 Å². The molecule has 0 bridgehead atoms. The van der Waals surface area contributed by atoms with Crippen LogP contribution in [-0.2, 0) is 4.79 Å². The molecule has 0 aliphatic carbocycles. The maximum Gasteiger partial charge on any atom is 0.269 e. The fraction of sp³-hybridized carbons (Fsp3) is 0.375. The Bertz CT molecular complexity index is 1120. The van der Waals surface area contributed by atoms with Crippen molar-refractivity contribution < 1.29 is 9.72 Å². The summed E-state index contributed by atoms with van der Waals surface area (Å²) in [6, 6.07) is 16.4. The molecule has 4 rings (SSSR count). The molecule has 8 nitrogen and oxygen atoms in total. The largest absolute Gasteiger partial charge is 0.336 e. The molecule has 2 heterocycles. The van der Waals surface area contributed by atoms with E-state index in [0.29, 0.717) is 16.5 Å². The molecule has 2 aromatic carbocycles. The van der Waals surface area contributed by atoms with Crippen LogP contribution in [0.5, 0.6) is 0 Å².